The van der Waals surface area contributed by atoms with E-state index in [0.29, 0.717) is 5.02 Å². The maximum absolute atomic E-state index is 11.7. The highest BCUT2D eigenvalue weighted by Gasteiger charge is 2.20. The lowest BCUT2D eigenvalue weighted by Crippen LogP contribution is -2.04. The van der Waals surface area contributed by atoms with E-state index < -0.39 is 5.97 Å². The van der Waals surface area contributed by atoms with Crippen LogP contribution in [-0.2, 0) is 18.3 Å². The van der Waals surface area contributed by atoms with Gasteiger partial charge in [0, 0.05) is 35.0 Å². The van der Waals surface area contributed by atoms with E-state index >= 15 is 0 Å². The maximum Gasteiger partial charge on any atom is 0.307 e. The Balaban J connectivity index is 1.70. The van der Waals surface area contributed by atoms with Crippen LogP contribution in [0.5, 0.6) is 0 Å². The number of aryl methyl sites for hydroxylation is 3. The molecule has 0 aliphatic carbocycles. The van der Waals surface area contributed by atoms with Crippen LogP contribution in [0.25, 0.3) is 43.0 Å². The first kappa shape index (κ1) is 22.3. The van der Waals surface area contributed by atoms with Gasteiger partial charge in [-0.2, -0.15) is 5.10 Å². The molecule has 2 aromatic heterocycles. The van der Waals surface area contributed by atoms with Gasteiger partial charge in [-0.15, -0.1) is 11.3 Å². The number of rotatable bonds is 5. The Labute approximate surface area is 206 Å². The van der Waals surface area contributed by atoms with E-state index in [1.807, 2.05) is 68.2 Å². The van der Waals surface area contributed by atoms with Gasteiger partial charge in [0.25, 0.3) is 0 Å². The number of carboxylic acids is 1. The number of fused-ring (bicyclic) bond motifs is 1. The second kappa shape index (κ2) is 8.70. The van der Waals surface area contributed by atoms with E-state index in [0.717, 1.165) is 59.9 Å². The average molecular weight is 488 g/mol. The summed E-state index contributed by atoms with van der Waals surface area (Å²) in [6, 6.07) is 17.8. The Kier molecular flexibility index (Phi) is 5.71. The molecule has 0 radical (unpaired) electrons. The van der Waals surface area contributed by atoms with Gasteiger partial charge >= 0.3 is 5.97 Å². The molecular formula is C27H22ClN3O2S. The van der Waals surface area contributed by atoms with E-state index in [2.05, 4.69) is 23.3 Å². The lowest BCUT2D eigenvalue weighted by molar-refractivity contribution is -0.136. The summed E-state index contributed by atoms with van der Waals surface area (Å²) in [6.45, 7) is 3.95. The summed E-state index contributed by atoms with van der Waals surface area (Å²) in [5.41, 5.74) is 8.59. The number of nitrogens with zero attached hydrogens (tertiary/aromatic N) is 3. The van der Waals surface area contributed by atoms with Crippen molar-refractivity contribution in [3.05, 3.63) is 82.6 Å². The molecular weight excluding hydrogens is 466 g/mol. The van der Waals surface area contributed by atoms with Crippen molar-refractivity contribution in [2.24, 2.45) is 7.05 Å². The predicted octanol–water partition coefficient (Wildman–Crippen LogP) is 6.93. The summed E-state index contributed by atoms with van der Waals surface area (Å²) in [4.78, 5) is 16.6. The zero-order chi connectivity index (χ0) is 24.0. The van der Waals surface area contributed by atoms with Gasteiger partial charge in [-0.05, 0) is 60.4 Å². The van der Waals surface area contributed by atoms with E-state index in [-0.39, 0.29) is 6.42 Å². The third kappa shape index (κ3) is 4.11. The highest BCUT2D eigenvalue weighted by molar-refractivity contribution is 7.22. The van der Waals surface area contributed by atoms with Crippen LogP contribution in [0.15, 0.2) is 60.8 Å². The molecule has 0 unspecified atom stereocenters. The number of hydrogen-bond acceptors (Lipinski definition) is 4. The minimum absolute atomic E-state index is 0.0528. The quantitative estimate of drug-likeness (QED) is 0.292. The molecule has 170 valence electrons. The van der Waals surface area contributed by atoms with Gasteiger partial charge in [-0.25, -0.2) is 4.98 Å². The minimum Gasteiger partial charge on any atom is -0.481 e. The fourth-order valence-corrected chi connectivity index (χ4v) is 5.62. The molecule has 5 nitrogen and oxygen atoms in total. The molecule has 0 aliphatic rings. The molecule has 0 amide bonds. The number of carbonyl (C=O) groups is 1. The molecule has 5 aromatic rings. The Hall–Kier alpha value is -3.48. The van der Waals surface area contributed by atoms with Crippen molar-refractivity contribution in [3.8, 4) is 32.8 Å². The van der Waals surface area contributed by atoms with Crippen LogP contribution in [0, 0.1) is 13.8 Å². The van der Waals surface area contributed by atoms with Crippen molar-refractivity contribution in [2.75, 3.05) is 0 Å². The maximum atomic E-state index is 11.7. The van der Waals surface area contributed by atoms with Crippen LogP contribution in [0.1, 0.15) is 16.8 Å². The third-order valence-corrected chi connectivity index (χ3v) is 7.30. The van der Waals surface area contributed by atoms with Crippen LogP contribution in [-0.4, -0.2) is 25.8 Å². The summed E-state index contributed by atoms with van der Waals surface area (Å²) < 4.78 is 2.79. The van der Waals surface area contributed by atoms with Gasteiger partial charge in [0.05, 0.1) is 22.3 Å². The Morgan fingerprint density at radius 2 is 1.79 bits per heavy atom. The van der Waals surface area contributed by atoms with E-state index in [4.69, 9.17) is 16.6 Å². The van der Waals surface area contributed by atoms with Gasteiger partial charge in [-0.1, -0.05) is 41.9 Å². The van der Waals surface area contributed by atoms with Crippen molar-refractivity contribution in [1.29, 1.82) is 0 Å². The lowest BCUT2D eigenvalue weighted by atomic mass is 9.93. The van der Waals surface area contributed by atoms with Crippen LogP contribution in [0.2, 0.25) is 5.02 Å². The number of aliphatic carboxylic acids is 1. The summed E-state index contributed by atoms with van der Waals surface area (Å²) in [5.74, 6) is -0.859. The molecule has 5 rings (SSSR count). The Morgan fingerprint density at radius 1 is 1.06 bits per heavy atom. The molecule has 2 heterocycles. The topological polar surface area (TPSA) is 68.0 Å². The van der Waals surface area contributed by atoms with Crippen LogP contribution in [0.4, 0.5) is 0 Å². The zero-order valence-electron chi connectivity index (χ0n) is 19.0. The first-order chi connectivity index (χ1) is 16.3. The van der Waals surface area contributed by atoms with Crippen molar-refractivity contribution in [1.82, 2.24) is 14.8 Å². The second-order valence-electron chi connectivity index (χ2n) is 8.37. The van der Waals surface area contributed by atoms with E-state index in [1.165, 1.54) is 0 Å². The fraction of sp³-hybridized carbons (Fsp3) is 0.148. The van der Waals surface area contributed by atoms with Crippen molar-refractivity contribution in [2.45, 2.75) is 20.3 Å². The van der Waals surface area contributed by atoms with Crippen LogP contribution >= 0.6 is 22.9 Å². The Morgan fingerprint density at radius 3 is 2.47 bits per heavy atom. The first-order valence-electron chi connectivity index (χ1n) is 10.8. The number of halogens is 1. The standard InChI is InChI=1S/C27H22ClN3O2S/c1-15-11-23-26(25(21(15)13-24(32)33)17-7-9-20(28)10-8-17)34-27(29-23)19-6-4-5-18(12-19)22-14-31(3)30-16(22)2/h4-12,14H,13H2,1-3H3,(H,32,33). The fourth-order valence-electron chi connectivity index (χ4n) is 4.36. The van der Waals surface area contributed by atoms with Gasteiger partial charge in [-0.3, -0.25) is 9.48 Å². The number of carboxylic acid groups (broad SMARTS) is 1. The number of benzene rings is 3. The van der Waals surface area contributed by atoms with E-state index in [1.54, 1.807) is 11.3 Å². The van der Waals surface area contributed by atoms with Crippen LogP contribution < -0.4 is 0 Å². The number of aromatic nitrogens is 3. The smallest absolute Gasteiger partial charge is 0.307 e. The average Bonchev–Trinajstić information content (AvgIpc) is 3.37. The molecule has 3 aromatic carbocycles. The molecule has 0 atom stereocenters. The monoisotopic (exact) mass is 487 g/mol. The van der Waals surface area contributed by atoms with E-state index in [9.17, 15) is 9.90 Å². The predicted molar refractivity (Wildman–Crippen MR) is 139 cm³/mol. The number of hydrogen-bond donors (Lipinski definition) is 1. The normalized spacial score (nSPS) is 11.3. The summed E-state index contributed by atoms with van der Waals surface area (Å²) >= 11 is 7.71. The molecule has 0 fully saturated rings. The summed E-state index contributed by atoms with van der Waals surface area (Å²) in [7, 11) is 1.92. The van der Waals surface area contributed by atoms with Crippen molar-refractivity contribution in [3.63, 3.8) is 0 Å². The summed E-state index contributed by atoms with van der Waals surface area (Å²) in [6.07, 6.45) is 1.97. The van der Waals surface area contributed by atoms with Crippen LogP contribution in [0.3, 0.4) is 0 Å². The second-order valence-corrected chi connectivity index (χ2v) is 9.81. The zero-order valence-corrected chi connectivity index (χ0v) is 20.5. The molecule has 34 heavy (non-hydrogen) atoms. The third-order valence-electron chi connectivity index (χ3n) is 5.91. The number of thiazole rings is 1. The highest BCUT2D eigenvalue weighted by atomic mass is 35.5. The molecule has 0 bridgehead atoms. The van der Waals surface area contributed by atoms with Gasteiger partial charge < -0.3 is 5.11 Å². The molecule has 0 saturated carbocycles. The largest absolute Gasteiger partial charge is 0.481 e. The minimum atomic E-state index is -0.859. The highest BCUT2D eigenvalue weighted by Crippen LogP contribution is 2.41. The first-order valence-corrected chi connectivity index (χ1v) is 12.0. The lowest BCUT2D eigenvalue weighted by Gasteiger charge is -2.13. The molecule has 7 heteroatoms. The van der Waals surface area contributed by atoms with Crippen molar-refractivity contribution >= 4 is 39.1 Å². The molecule has 0 saturated heterocycles. The molecule has 0 aliphatic heterocycles. The molecule has 0 spiro atoms. The van der Waals surface area contributed by atoms with Gasteiger partial charge in [0.1, 0.15) is 5.01 Å². The SMILES string of the molecule is Cc1cc2nc(-c3cccc(-c4cn(C)nc4C)c3)sc2c(-c2ccc(Cl)cc2)c1CC(=O)O. The molecule has 1 N–H and O–H groups in total. The summed E-state index contributed by atoms with van der Waals surface area (Å²) in [5, 5.41) is 15.6. The Bertz CT molecular complexity index is 1550. The van der Waals surface area contributed by atoms with Gasteiger partial charge in [0.15, 0.2) is 0 Å². The van der Waals surface area contributed by atoms with Gasteiger partial charge in [0.2, 0.25) is 0 Å². The van der Waals surface area contributed by atoms with Crippen molar-refractivity contribution < 1.29 is 9.90 Å².